The maximum absolute atomic E-state index is 15.1. The van der Waals surface area contributed by atoms with Gasteiger partial charge in [-0.2, -0.15) is 9.67 Å². The molecule has 190 valence electrons. The number of tetrazole rings is 1. The van der Waals surface area contributed by atoms with Crippen LogP contribution >= 0.6 is 0 Å². The Labute approximate surface area is 208 Å². The van der Waals surface area contributed by atoms with Crippen molar-refractivity contribution in [2.24, 2.45) is 5.92 Å². The van der Waals surface area contributed by atoms with Crippen molar-refractivity contribution in [2.45, 2.75) is 63.8 Å². The van der Waals surface area contributed by atoms with E-state index < -0.39 is 11.6 Å². The standard InChI is InChI=1S/C25H31F2N9/c1-15-32-33-34-36(15)23-12-21(19(26)11-18(23)16-7-8-16)30-25-29-14-20(27)24(31-25)28-13-17-5-4-10-35-9-3-2-6-22(17)35/h11-12,14,16-17,22H,2-10,13H2,1H3,(H2,28,29,30,31). The fourth-order valence-electron chi connectivity index (χ4n) is 5.75. The molecular weight excluding hydrogens is 464 g/mol. The molecule has 0 amide bonds. The lowest BCUT2D eigenvalue weighted by Gasteiger charge is -2.44. The second-order valence-corrected chi connectivity index (χ2v) is 10.2. The molecule has 0 spiro atoms. The van der Waals surface area contributed by atoms with Crippen LogP contribution in [-0.2, 0) is 0 Å². The molecule has 1 saturated carbocycles. The third kappa shape index (κ3) is 4.63. The second kappa shape index (κ2) is 9.68. The molecule has 0 bridgehead atoms. The molecule has 2 saturated heterocycles. The molecule has 2 unspecified atom stereocenters. The molecule has 3 aliphatic rings. The summed E-state index contributed by atoms with van der Waals surface area (Å²) in [6.45, 7) is 4.78. The predicted octanol–water partition coefficient (Wildman–Crippen LogP) is 4.34. The summed E-state index contributed by atoms with van der Waals surface area (Å²) in [5.74, 6) is 0.675. The van der Waals surface area contributed by atoms with Crippen LogP contribution in [0.25, 0.3) is 5.69 Å². The first kappa shape index (κ1) is 23.2. The molecule has 3 aromatic rings. The summed E-state index contributed by atoms with van der Waals surface area (Å²) in [6, 6.07) is 3.75. The van der Waals surface area contributed by atoms with Crippen molar-refractivity contribution in [2.75, 3.05) is 30.3 Å². The van der Waals surface area contributed by atoms with Crippen LogP contribution in [0.5, 0.6) is 0 Å². The van der Waals surface area contributed by atoms with Crippen LogP contribution in [-0.4, -0.2) is 60.8 Å². The SMILES string of the molecule is Cc1nnnn1-c1cc(Nc2ncc(F)c(NCC3CCCN4CCCCC34)n2)c(F)cc1C1CC1. The summed E-state index contributed by atoms with van der Waals surface area (Å²) < 4.78 is 31.3. The third-order valence-corrected chi connectivity index (χ3v) is 7.74. The molecule has 3 fully saturated rings. The molecular formula is C25H31F2N9. The van der Waals surface area contributed by atoms with Crippen molar-refractivity contribution in [1.29, 1.82) is 0 Å². The first-order chi connectivity index (χ1) is 17.6. The first-order valence-electron chi connectivity index (χ1n) is 12.9. The molecule has 9 nitrogen and oxygen atoms in total. The summed E-state index contributed by atoms with van der Waals surface area (Å²) in [6.07, 6.45) is 9.15. The number of aryl methyl sites for hydroxylation is 1. The first-order valence-corrected chi connectivity index (χ1v) is 12.9. The monoisotopic (exact) mass is 495 g/mol. The van der Waals surface area contributed by atoms with Gasteiger partial charge in [0.25, 0.3) is 0 Å². The number of piperidine rings is 2. The molecule has 2 aliphatic heterocycles. The van der Waals surface area contributed by atoms with Crippen LogP contribution in [0, 0.1) is 24.5 Å². The highest BCUT2D eigenvalue weighted by molar-refractivity contribution is 5.62. The molecule has 11 heteroatoms. The fourth-order valence-corrected chi connectivity index (χ4v) is 5.75. The Hall–Kier alpha value is -3.21. The lowest BCUT2D eigenvalue weighted by molar-refractivity contribution is 0.0648. The van der Waals surface area contributed by atoms with E-state index >= 15 is 4.39 Å². The van der Waals surface area contributed by atoms with Crippen molar-refractivity contribution in [1.82, 2.24) is 35.1 Å². The summed E-state index contributed by atoms with van der Waals surface area (Å²) in [5.41, 5.74) is 1.78. The van der Waals surface area contributed by atoms with Gasteiger partial charge in [-0.15, -0.1) is 5.10 Å². The second-order valence-electron chi connectivity index (χ2n) is 10.2. The Kier molecular flexibility index (Phi) is 6.24. The van der Waals surface area contributed by atoms with Gasteiger partial charge in [-0.25, -0.2) is 13.8 Å². The largest absolute Gasteiger partial charge is 0.367 e. The van der Waals surface area contributed by atoms with Gasteiger partial charge in [-0.3, -0.25) is 0 Å². The Morgan fingerprint density at radius 2 is 1.89 bits per heavy atom. The van der Waals surface area contributed by atoms with Gasteiger partial charge >= 0.3 is 0 Å². The number of fused-ring (bicyclic) bond motifs is 1. The van der Waals surface area contributed by atoms with Gasteiger partial charge in [-0.1, -0.05) is 6.42 Å². The van der Waals surface area contributed by atoms with E-state index in [4.69, 9.17) is 0 Å². The predicted molar refractivity (Wildman–Crippen MR) is 132 cm³/mol. The minimum Gasteiger partial charge on any atom is -0.367 e. The zero-order valence-electron chi connectivity index (χ0n) is 20.4. The van der Waals surface area contributed by atoms with E-state index in [-0.39, 0.29) is 17.5 Å². The minimum atomic E-state index is -0.522. The zero-order chi connectivity index (χ0) is 24.6. The average Bonchev–Trinajstić information content (AvgIpc) is 3.65. The quantitative estimate of drug-likeness (QED) is 0.500. The number of hydrogen-bond donors (Lipinski definition) is 2. The molecule has 1 aromatic carbocycles. The normalized spacial score (nSPS) is 22.3. The summed E-state index contributed by atoms with van der Waals surface area (Å²) in [4.78, 5) is 11.0. The number of benzene rings is 1. The maximum atomic E-state index is 15.1. The van der Waals surface area contributed by atoms with Crippen LogP contribution < -0.4 is 10.6 Å². The van der Waals surface area contributed by atoms with Gasteiger partial charge in [0, 0.05) is 12.6 Å². The highest BCUT2D eigenvalue weighted by Crippen LogP contribution is 2.44. The van der Waals surface area contributed by atoms with Gasteiger partial charge in [0.1, 0.15) is 5.82 Å². The van der Waals surface area contributed by atoms with E-state index in [1.54, 1.807) is 17.7 Å². The van der Waals surface area contributed by atoms with E-state index in [9.17, 15) is 4.39 Å². The lowest BCUT2D eigenvalue weighted by Crippen LogP contribution is -2.49. The summed E-state index contributed by atoms with van der Waals surface area (Å²) in [5, 5.41) is 17.9. The number of halogens is 2. The van der Waals surface area contributed by atoms with Crippen LogP contribution in [0.2, 0.25) is 0 Å². The zero-order valence-corrected chi connectivity index (χ0v) is 20.4. The van der Waals surface area contributed by atoms with Gasteiger partial charge < -0.3 is 15.5 Å². The topological polar surface area (TPSA) is 96.7 Å². The number of hydrogen-bond acceptors (Lipinski definition) is 8. The molecule has 4 heterocycles. The number of nitrogens with one attached hydrogen (secondary N) is 2. The van der Waals surface area contributed by atoms with E-state index in [1.807, 2.05) is 0 Å². The molecule has 2 atom stereocenters. The molecule has 2 aromatic heterocycles. The van der Waals surface area contributed by atoms with Crippen molar-refractivity contribution < 1.29 is 8.78 Å². The third-order valence-electron chi connectivity index (χ3n) is 7.74. The number of aromatic nitrogens is 6. The maximum Gasteiger partial charge on any atom is 0.229 e. The molecule has 36 heavy (non-hydrogen) atoms. The lowest BCUT2D eigenvalue weighted by atomic mass is 9.83. The molecule has 6 rings (SSSR count). The fraction of sp³-hybridized carbons (Fsp3) is 0.560. The van der Waals surface area contributed by atoms with Gasteiger partial charge in [0.15, 0.2) is 17.5 Å². The average molecular weight is 496 g/mol. The van der Waals surface area contributed by atoms with Crippen molar-refractivity contribution >= 4 is 17.5 Å². The summed E-state index contributed by atoms with van der Waals surface area (Å²) >= 11 is 0. The molecule has 0 radical (unpaired) electrons. The summed E-state index contributed by atoms with van der Waals surface area (Å²) in [7, 11) is 0. The number of anilines is 3. The highest BCUT2D eigenvalue weighted by atomic mass is 19.1. The minimum absolute atomic E-state index is 0.124. The highest BCUT2D eigenvalue weighted by Gasteiger charge is 2.33. The van der Waals surface area contributed by atoms with Crippen LogP contribution in [0.15, 0.2) is 18.3 Å². The molecule has 2 N–H and O–H groups in total. The van der Waals surface area contributed by atoms with Gasteiger partial charge in [0.05, 0.1) is 17.6 Å². The van der Waals surface area contributed by atoms with Crippen LogP contribution in [0.4, 0.5) is 26.2 Å². The van der Waals surface area contributed by atoms with Crippen molar-refractivity contribution in [3.05, 3.63) is 41.4 Å². The Morgan fingerprint density at radius 1 is 1.03 bits per heavy atom. The van der Waals surface area contributed by atoms with Gasteiger partial charge in [0.2, 0.25) is 5.95 Å². The smallest absolute Gasteiger partial charge is 0.229 e. The Balaban J connectivity index is 1.21. The number of rotatable bonds is 7. The van der Waals surface area contributed by atoms with E-state index in [2.05, 4.69) is 41.0 Å². The van der Waals surface area contributed by atoms with Gasteiger partial charge in [-0.05, 0) is 98.5 Å². The van der Waals surface area contributed by atoms with E-state index in [0.717, 1.165) is 49.8 Å². The molecule has 1 aliphatic carbocycles. The van der Waals surface area contributed by atoms with E-state index in [0.29, 0.717) is 30.2 Å². The van der Waals surface area contributed by atoms with Crippen molar-refractivity contribution in [3.8, 4) is 5.69 Å². The number of nitrogens with zero attached hydrogens (tertiary/aromatic N) is 7. The van der Waals surface area contributed by atoms with E-state index in [1.165, 1.54) is 31.7 Å². The van der Waals surface area contributed by atoms with Crippen molar-refractivity contribution in [3.63, 3.8) is 0 Å². The Morgan fingerprint density at radius 3 is 2.69 bits per heavy atom. The van der Waals surface area contributed by atoms with Crippen LogP contribution in [0.3, 0.4) is 0 Å². The van der Waals surface area contributed by atoms with Crippen LogP contribution in [0.1, 0.15) is 62.3 Å². The Bertz CT molecular complexity index is 1240.